The van der Waals surface area contributed by atoms with E-state index in [2.05, 4.69) is 10.2 Å². The highest BCUT2D eigenvalue weighted by atomic mass is 32.1. The molecule has 1 unspecified atom stereocenters. The molecule has 168 valence electrons. The topological polar surface area (TPSA) is 85.5 Å². The molecule has 1 atom stereocenters. The number of fused-ring (bicyclic) bond motifs is 2. The molecule has 1 amide bonds. The quantitative estimate of drug-likeness (QED) is 0.411. The molecule has 0 fully saturated rings. The maximum Gasteiger partial charge on any atom is 0.297 e. The second kappa shape index (κ2) is 8.12. The van der Waals surface area contributed by atoms with Crippen molar-refractivity contribution >= 4 is 33.3 Å². The Kier molecular flexibility index (Phi) is 5.25. The molecule has 5 rings (SSSR count). The van der Waals surface area contributed by atoms with Crippen molar-refractivity contribution in [1.82, 2.24) is 10.2 Å². The molecule has 0 radical (unpaired) electrons. The lowest BCUT2D eigenvalue weighted by atomic mass is 9.97. The number of benzene rings is 2. The number of aromatic nitrogens is 2. The smallest absolute Gasteiger partial charge is 0.297 e. The van der Waals surface area contributed by atoms with E-state index in [4.69, 9.17) is 9.15 Å². The summed E-state index contributed by atoms with van der Waals surface area (Å²) in [6, 6.07) is 10.4. The van der Waals surface area contributed by atoms with E-state index in [1.807, 2.05) is 64.1 Å². The summed E-state index contributed by atoms with van der Waals surface area (Å²) in [5.74, 6) is 0.398. The monoisotopic (exact) mass is 461 g/mol. The lowest BCUT2D eigenvalue weighted by Crippen LogP contribution is -2.29. The van der Waals surface area contributed by atoms with Crippen molar-refractivity contribution in [2.75, 3.05) is 11.5 Å². The first kappa shape index (κ1) is 21.3. The number of amides is 1. The van der Waals surface area contributed by atoms with Gasteiger partial charge in [0.05, 0.1) is 23.6 Å². The molecule has 1 aliphatic heterocycles. The third-order valence-corrected chi connectivity index (χ3v) is 6.71. The summed E-state index contributed by atoms with van der Waals surface area (Å²) < 4.78 is 11.8. The largest absolute Gasteiger partial charge is 0.494 e. The van der Waals surface area contributed by atoms with Crippen molar-refractivity contribution < 1.29 is 13.9 Å². The van der Waals surface area contributed by atoms with E-state index in [0.29, 0.717) is 28.3 Å². The van der Waals surface area contributed by atoms with Gasteiger partial charge >= 0.3 is 0 Å². The van der Waals surface area contributed by atoms with Crippen LogP contribution in [0.2, 0.25) is 0 Å². The zero-order valence-electron chi connectivity index (χ0n) is 18.8. The van der Waals surface area contributed by atoms with Gasteiger partial charge in [0.1, 0.15) is 16.3 Å². The molecule has 1 aliphatic rings. The number of nitrogens with zero attached hydrogens (tertiary/aromatic N) is 3. The summed E-state index contributed by atoms with van der Waals surface area (Å²) in [6.45, 7) is 8.40. The third-order valence-electron chi connectivity index (χ3n) is 5.88. The first-order valence-corrected chi connectivity index (χ1v) is 11.6. The first-order valence-electron chi connectivity index (χ1n) is 10.8. The van der Waals surface area contributed by atoms with Crippen LogP contribution < -0.4 is 15.1 Å². The van der Waals surface area contributed by atoms with Crippen molar-refractivity contribution in [3.63, 3.8) is 0 Å². The van der Waals surface area contributed by atoms with Gasteiger partial charge in [0, 0.05) is 0 Å². The van der Waals surface area contributed by atoms with Gasteiger partial charge in [0.15, 0.2) is 5.43 Å². The summed E-state index contributed by atoms with van der Waals surface area (Å²) in [5.41, 5.74) is 3.28. The molecule has 2 aromatic heterocycles. The van der Waals surface area contributed by atoms with Crippen molar-refractivity contribution in [2.24, 2.45) is 0 Å². The predicted molar refractivity (Wildman–Crippen MR) is 127 cm³/mol. The van der Waals surface area contributed by atoms with Crippen LogP contribution >= 0.6 is 11.3 Å². The van der Waals surface area contributed by atoms with E-state index in [0.717, 1.165) is 33.9 Å². The second-order valence-corrected chi connectivity index (χ2v) is 9.37. The Hall–Kier alpha value is -3.52. The molecule has 2 aromatic carbocycles. The molecule has 0 bridgehead atoms. The third kappa shape index (κ3) is 3.51. The van der Waals surface area contributed by atoms with Crippen LogP contribution in [0.15, 0.2) is 45.6 Å². The van der Waals surface area contributed by atoms with Gasteiger partial charge < -0.3 is 9.15 Å². The number of carbonyl (C=O) groups excluding carboxylic acids is 1. The van der Waals surface area contributed by atoms with Gasteiger partial charge in [-0.3, -0.25) is 14.5 Å². The van der Waals surface area contributed by atoms with Crippen LogP contribution in [0.4, 0.5) is 5.13 Å². The van der Waals surface area contributed by atoms with E-state index in [1.165, 1.54) is 16.2 Å². The highest BCUT2D eigenvalue weighted by molar-refractivity contribution is 7.15. The van der Waals surface area contributed by atoms with Crippen LogP contribution in [0.25, 0.3) is 11.0 Å². The van der Waals surface area contributed by atoms with E-state index >= 15 is 0 Å². The zero-order chi connectivity index (χ0) is 23.3. The molecule has 0 aliphatic carbocycles. The number of hydrogen-bond donors (Lipinski definition) is 0. The lowest BCUT2D eigenvalue weighted by Gasteiger charge is -2.22. The van der Waals surface area contributed by atoms with Crippen LogP contribution in [0, 0.1) is 20.8 Å². The molecular formula is C25H23N3O4S. The van der Waals surface area contributed by atoms with Crippen LogP contribution in [-0.2, 0) is 0 Å². The van der Waals surface area contributed by atoms with Gasteiger partial charge in [-0.05, 0) is 68.1 Å². The number of aryl methyl sites for hydroxylation is 3. The standard InChI is InChI=1S/C25H23N3O4S/c1-5-10-31-17-8-6-16(7-9-17)21-20-22(29)18-11-13(2)14(3)12-19(18)32-23(20)24(30)28(21)25-27-26-15(4)33-25/h6-9,11-12,21H,5,10H2,1-4H3. The average Bonchev–Trinajstić information content (AvgIpc) is 3.35. The Morgan fingerprint density at radius 2 is 1.79 bits per heavy atom. The van der Waals surface area contributed by atoms with Gasteiger partial charge in [-0.15, -0.1) is 10.2 Å². The number of rotatable bonds is 5. The van der Waals surface area contributed by atoms with Crippen molar-refractivity contribution in [1.29, 1.82) is 0 Å². The van der Waals surface area contributed by atoms with Gasteiger partial charge in [-0.2, -0.15) is 0 Å². The summed E-state index contributed by atoms with van der Waals surface area (Å²) in [7, 11) is 0. The summed E-state index contributed by atoms with van der Waals surface area (Å²) in [4.78, 5) is 28.8. The number of ether oxygens (including phenoxy) is 1. The molecule has 0 saturated heterocycles. The van der Waals surface area contributed by atoms with Crippen molar-refractivity contribution in [3.05, 3.63) is 79.6 Å². The maximum absolute atomic E-state index is 13.7. The molecule has 0 saturated carbocycles. The average molecular weight is 462 g/mol. The molecule has 33 heavy (non-hydrogen) atoms. The Balaban J connectivity index is 1.73. The highest BCUT2D eigenvalue weighted by Gasteiger charge is 2.45. The number of anilines is 1. The fourth-order valence-electron chi connectivity index (χ4n) is 4.09. The molecule has 4 aromatic rings. The molecule has 0 spiro atoms. The van der Waals surface area contributed by atoms with Crippen LogP contribution in [0.1, 0.15) is 57.2 Å². The maximum atomic E-state index is 13.7. The van der Waals surface area contributed by atoms with Crippen molar-refractivity contribution in [2.45, 2.75) is 40.2 Å². The van der Waals surface area contributed by atoms with E-state index in [-0.39, 0.29) is 11.2 Å². The fourth-order valence-corrected chi connectivity index (χ4v) is 4.80. The Morgan fingerprint density at radius 3 is 2.45 bits per heavy atom. The van der Waals surface area contributed by atoms with Crippen molar-refractivity contribution in [3.8, 4) is 5.75 Å². The van der Waals surface area contributed by atoms with E-state index in [9.17, 15) is 9.59 Å². The molecule has 0 N–H and O–H groups in total. The van der Waals surface area contributed by atoms with E-state index < -0.39 is 11.9 Å². The SMILES string of the molecule is CCCOc1ccc(C2c3c(oc4cc(C)c(C)cc4c3=O)C(=O)N2c2nnc(C)s2)cc1. The molecule has 7 nitrogen and oxygen atoms in total. The van der Waals surface area contributed by atoms with Crippen LogP contribution in [0.5, 0.6) is 5.75 Å². The lowest BCUT2D eigenvalue weighted by molar-refractivity contribution is 0.0970. The zero-order valence-corrected chi connectivity index (χ0v) is 19.7. The minimum atomic E-state index is -0.665. The second-order valence-electron chi connectivity index (χ2n) is 8.21. The number of hydrogen-bond acceptors (Lipinski definition) is 7. The molecule has 3 heterocycles. The minimum absolute atomic E-state index is 0.0555. The van der Waals surface area contributed by atoms with Gasteiger partial charge in [-0.25, -0.2) is 0 Å². The summed E-state index contributed by atoms with van der Waals surface area (Å²) in [5, 5.41) is 9.90. The Morgan fingerprint density at radius 1 is 1.06 bits per heavy atom. The summed E-state index contributed by atoms with van der Waals surface area (Å²) in [6.07, 6.45) is 0.906. The normalized spacial score (nSPS) is 15.3. The van der Waals surface area contributed by atoms with Gasteiger partial charge in [0.2, 0.25) is 10.9 Å². The van der Waals surface area contributed by atoms with Crippen LogP contribution in [-0.4, -0.2) is 22.7 Å². The van der Waals surface area contributed by atoms with Crippen LogP contribution in [0.3, 0.4) is 0 Å². The van der Waals surface area contributed by atoms with E-state index in [1.54, 1.807) is 0 Å². The summed E-state index contributed by atoms with van der Waals surface area (Å²) >= 11 is 1.30. The Bertz CT molecular complexity index is 1440. The fraction of sp³-hybridized carbons (Fsp3) is 0.280. The number of carbonyl (C=O) groups is 1. The van der Waals surface area contributed by atoms with Gasteiger partial charge in [-0.1, -0.05) is 30.4 Å². The molecular weight excluding hydrogens is 438 g/mol. The Labute approximate surface area is 194 Å². The first-order chi connectivity index (χ1) is 15.9. The van der Waals surface area contributed by atoms with Gasteiger partial charge in [0.25, 0.3) is 5.91 Å². The highest BCUT2D eigenvalue weighted by Crippen LogP contribution is 2.42. The molecule has 8 heteroatoms. The predicted octanol–water partition coefficient (Wildman–Crippen LogP) is 5.11. The minimum Gasteiger partial charge on any atom is -0.494 e.